The van der Waals surface area contributed by atoms with E-state index < -0.39 is 0 Å². The molecule has 0 saturated heterocycles. The fraction of sp³-hybridized carbons (Fsp3) is 0.167. The number of benzene rings is 1. The Hall–Kier alpha value is -1.52. The van der Waals surface area contributed by atoms with Crippen molar-refractivity contribution in [2.75, 3.05) is 5.73 Å². The highest BCUT2D eigenvalue weighted by molar-refractivity contribution is 6.31. The Labute approximate surface area is 115 Å². The summed E-state index contributed by atoms with van der Waals surface area (Å²) in [5.41, 5.74) is 7.69. The van der Waals surface area contributed by atoms with Crippen molar-refractivity contribution in [2.45, 2.75) is 13.8 Å². The highest BCUT2D eigenvalue weighted by Gasteiger charge is 2.10. The maximum absolute atomic E-state index is 5.94. The first-order valence-corrected chi connectivity index (χ1v) is 5.96. The van der Waals surface area contributed by atoms with Gasteiger partial charge in [0.25, 0.3) is 0 Å². The van der Waals surface area contributed by atoms with Crippen LogP contribution >= 0.6 is 23.2 Å². The maximum Gasteiger partial charge on any atom is 0.247 e. The second-order valence-corrected chi connectivity index (χ2v) is 4.56. The van der Waals surface area contributed by atoms with E-state index in [4.69, 9.17) is 33.7 Å². The lowest BCUT2D eigenvalue weighted by Crippen LogP contribution is -2.01. The van der Waals surface area contributed by atoms with Crippen molar-refractivity contribution in [2.24, 2.45) is 0 Å². The Balaban J connectivity index is 2.36. The molecule has 0 saturated carbocycles. The molecule has 1 aromatic carbocycles. The highest BCUT2D eigenvalue weighted by atomic mass is 35.5. The summed E-state index contributed by atoms with van der Waals surface area (Å²) in [7, 11) is 0. The molecule has 2 rings (SSSR count). The Morgan fingerprint density at radius 1 is 1.17 bits per heavy atom. The van der Waals surface area contributed by atoms with Gasteiger partial charge >= 0.3 is 0 Å². The van der Waals surface area contributed by atoms with Crippen LogP contribution in [0, 0.1) is 13.8 Å². The molecule has 6 heteroatoms. The Bertz CT molecular complexity index is 602. The van der Waals surface area contributed by atoms with Gasteiger partial charge in [0.2, 0.25) is 11.2 Å². The van der Waals surface area contributed by atoms with E-state index in [9.17, 15) is 0 Å². The van der Waals surface area contributed by atoms with E-state index in [0.29, 0.717) is 22.2 Å². The molecule has 94 valence electrons. The Kier molecular flexibility index (Phi) is 3.59. The molecule has 0 spiro atoms. The van der Waals surface area contributed by atoms with Crippen LogP contribution in [0.1, 0.15) is 11.3 Å². The minimum absolute atomic E-state index is 0.0994. The SMILES string of the molecule is Cc1cc(Oc2nc(Cl)nc(C)c2N)ccc1Cl. The Morgan fingerprint density at radius 3 is 2.56 bits per heavy atom. The first-order valence-electron chi connectivity index (χ1n) is 5.21. The van der Waals surface area contributed by atoms with E-state index in [2.05, 4.69) is 9.97 Å². The zero-order valence-electron chi connectivity index (χ0n) is 9.87. The van der Waals surface area contributed by atoms with Gasteiger partial charge < -0.3 is 10.5 Å². The third-order valence-electron chi connectivity index (χ3n) is 2.42. The first kappa shape index (κ1) is 12.9. The van der Waals surface area contributed by atoms with E-state index in [-0.39, 0.29) is 11.2 Å². The topological polar surface area (TPSA) is 61.0 Å². The van der Waals surface area contributed by atoms with Crippen molar-refractivity contribution in [3.8, 4) is 11.6 Å². The summed E-state index contributed by atoms with van der Waals surface area (Å²) in [5.74, 6) is 0.840. The average molecular weight is 284 g/mol. The lowest BCUT2D eigenvalue weighted by atomic mass is 10.2. The minimum atomic E-state index is 0.0994. The van der Waals surface area contributed by atoms with Crippen LogP contribution in [0.4, 0.5) is 5.69 Å². The predicted octanol–water partition coefficient (Wildman–Crippen LogP) is 3.77. The molecule has 0 aliphatic rings. The van der Waals surface area contributed by atoms with Gasteiger partial charge in [-0.25, -0.2) is 4.98 Å². The average Bonchev–Trinajstić information content (AvgIpc) is 2.30. The van der Waals surface area contributed by atoms with Gasteiger partial charge in [-0.2, -0.15) is 4.98 Å². The van der Waals surface area contributed by atoms with Crippen LogP contribution in [-0.2, 0) is 0 Å². The molecule has 0 fully saturated rings. The molecule has 2 N–H and O–H groups in total. The van der Waals surface area contributed by atoms with Crippen molar-refractivity contribution in [3.05, 3.63) is 39.8 Å². The normalized spacial score (nSPS) is 10.4. The van der Waals surface area contributed by atoms with Crippen LogP contribution in [0.15, 0.2) is 18.2 Å². The van der Waals surface area contributed by atoms with Crippen LogP contribution < -0.4 is 10.5 Å². The van der Waals surface area contributed by atoms with Crippen molar-refractivity contribution in [1.82, 2.24) is 9.97 Å². The minimum Gasteiger partial charge on any atom is -0.437 e. The van der Waals surface area contributed by atoms with Crippen molar-refractivity contribution in [1.29, 1.82) is 0 Å². The number of aromatic nitrogens is 2. The molecule has 2 aromatic rings. The largest absolute Gasteiger partial charge is 0.437 e. The van der Waals surface area contributed by atoms with E-state index in [0.717, 1.165) is 5.56 Å². The third kappa shape index (κ3) is 2.66. The number of hydrogen-bond acceptors (Lipinski definition) is 4. The third-order valence-corrected chi connectivity index (χ3v) is 3.01. The predicted molar refractivity (Wildman–Crippen MR) is 72.5 cm³/mol. The molecular weight excluding hydrogens is 273 g/mol. The number of hydrogen-bond donors (Lipinski definition) is 1. The number of nitrogens with two attached hydrogens (primary N) is 1. The van der Waals surface area contributed by atoms with Crippen molar-refractivity contribution < 1.29 is 4.74 Å². The van der Waals surface area contributed by atoms with Gasteiger partial charge in [0, 0.05) is 5.02 Å². The second kappa shape index (κ2) is 5.00. The lowest BCUT2D eigenvalue weighted by Gasteiger charge is -2.10. The number of halogens is 2. The van der Waals surface area contributed by atoms with Crippen molar-refractivity contribution >= 4 is 28.9 Å². The lowest BCUT2D eigenvalue weighted by molar-refractivity contribution is 0.463. The number of ether oxygens (including phenoxy) is 1. The van der Waals surface area contributed by atoms with Gasteiger partial charge in [-0.15, -0.1) is 0 Å². The quantitative estimate of drug-likeness (QED) is 0.852. The summed E-state index contributed by atoms with van der Waals surface area (Å²) in [6.07, 6.45) is 0. The van der Waals surface area contributed by atoms with Gasteiger partial charge in [0.15, 0.2) is 0 Å². The molecule has 0 amide bonds. The van der Waals surface area contributed by atoms with Crippen molar-refractivity contribution in [3.63, 3.8) is 0 Å². The van der Waals surface area contributed by atoms with Gasteiger partial charge in [-0.3, -0.25) is 0 Å². The monoisotopic (exact) mass is 283 g/mol. The number of nitrogen functional groups attached to an aromatic ring is 1. The van der Waals surface area contributed by atoms with E-state index in [1.165, 1.54) is 0 Å². The summed E-state index contributed by atoms with van der Waals surface area (Å²) >= 11 is 11.7. The molecule has 0 aliphatic carbocycles. The van der Waals surface area contributed by atoms with Gasteiger partial charge in [-0.05, 0) is 49.2 Å². The fourth-order valence-corrected chi connectivity index (χ4v) is 1.71. The van der Waals surface area contributed by atoms with Crippen LogP contribution in [0.5, 0.6) is 11.6 Å². The summed E-state index contributed by atoms with van der Waals surface area (Å²) in [4.78, 5) is 7.89. The van der Waals surface area contributed by atoms with Gasteiger partial charge in [0.05, 0.1) is 5.69 Å². The summed E-state index contributed by atoms with van der Waals surface area (Å²) in [6.45, 7) is 3.62. The summed E-state index contributed by atoms with van der Waals surface area (Å²) in [5, 5.41) is 0.773. The molecule has 1 heterocycles. The molecule has 0 radical (unpaired) electrons. The molecule has 0 unspecified atom stereocenters. The van der Waals surface area contributed by atoms with Gasteiger partial charge in [0.1, 0.15) is 11.4 Å². The zero-order valence-corrected chi connectivity index (χ0v) is 11.4. The zero-order chi connectivity index (χ0) is 13.3. The second-order valence-electron chi connectivity index (χ2n) is 3.81. The molecule has 18 heavy (non-hydrogen) atoms. The number of nitrogens with zero attached hydrogens (tertiary/aromatic N) is 2. The smallest absolute Gasteiger partial charge is 0.247 e. The number of anilines is 1. The van der Waals surface area contributed by atoms with E-state index in [1.54, 1.807) is 25.1 Å². The molecule has 0 aliphatic heterocycles. The molecular formula is C12H11Cl2N3O. The fourth-order valence-electron chi connectivity index (χ4n) is 1.39. The summed E-state index contributed by atoms with van der Waals surface area (Å²) < 4.78 is 5.59. The summed E-state index contributed by atoms with van der Waals surface area (Å²) in [6, 6.07) is 5.28. The molecule has 1 aromatic heterocycles. The maximum atomic E-state index is 5.94. The van der Waals surface area contributed by atoms with Crippen LogP contribution in [0.25, 0.3) is 0 Å². The molecule has 4 nitrogen and oxygen atoms in total. The standard InChI is InChI=1S/C12H11Cl2N3O/c1-6-5-8(3-4-9(6)13)18-11-10(15)7(2)16-12(14)17-11/h3-5H,15H2,1-2H3. The van der Waals surface area contributed by atoms with Gasteiger partial charge in [-0.1, -0.05) is 11.6 Å². The van der Waals surface area contributed by atoms with Crippen LogP contribution in [0.2, 0.25) is 10.3 Å². The Morgan fingerprint density at radius 2 is 1.89 bits per heavy atom. The number of aryl methyl sites for hydroxylation is 2. The van der Waals surface area contributed by atoms with E-state index in [1.807, 2.05) is 6.92 Å². The van der Waals surface area contributed by atoms with Crippen LogP contribution in [0.3, 0.4) is 0 Å². The van der Waals surface area contributed by atoms with E-state index >= 15 is 0 Å². The molecule has 0 bridgehead atoms. The molecule has 0 atom stereocenters. The van der Waals surface area contributed by atoms with Crippen LogP contribution in [-0.4, -0.2) is 9.97 Å². The number of rotatable bonds is 2. The highest BCUT2D eigenvalue weighted by Crippen LogP contribution is 2.30. The first-order chi connectivity index (χ1) is 8.47.